The summed E-state index contributed by atoms with van der Waals surface area (Å²) in [5.41, 5.74) is 2.29. The minimum Gasteiger partial charge on any atom is -0.494 e. The van der Waals surface area contributed by atoms with Gasteiger partial charge in [0, 0.05) is 56.7 Å². The number of hydrogen-bond acceptors (Lipinski definition) is 8. The number of piperazine rings is 1. The number of ether oxygens (including phenoxy) is 1. The fourth-order valence-electron chi connectivity index (χ4n) is 5.20. The van der Waals surface area contributed by atoms with Gasteiger partial charge in [-0.2, -0.15) is 4.98 Å². The molecule has 2 aromatic heterocycles. The highest BCUT2D eigenvalue weighted by atomic mass is 35.5. The molecule has 1 unspecified atom stereocenters. The highest BCUT2D eigenvalue weighted by Crippen LogP contribution is 2.26. The number of halogens is 2. The van der Waals surface area contributed by atoms with Crippen LogP contribution in [0.3, 0.4) is 0 Å². The third kappa shape index (κ3) is 8.34. The fraction of sp³-hybridized carbons (Fsp3) is 0.364. The minimum atomic E-state index is -0.545. The first-order chi connectivity index (χ1) is 22.2. The molecular weight excluding hydrogens is 627 g/mol. The summed E-state index contributed by atoms with van der Waals surface area (Å²) < 4.78 is 7.33. The van der Waals surface area contributed by atoms with Crippen molar-refractivity contribution in [2.75, 3.05) is 43.0 Å². The number of amides is 3. The normalized spacial score (nSPS) is 14.7. The second kappa shape index (κ2) is 15.4. The summed E-state index contributed by atoms with van der Waals surface area (Å²) in [7, 11) is 0. The van der Waals surface area contributed by atoms with Gasteiger partial charge in [0.1, 0.15) is 17.9 Å². The fourth-order valence-corrected chi connectivity index (χ4v) is 5.49. The molecule has 0 radical (unpaired) electrons. The van der Waals surface area contributed by atoms with E-state index < -0.39 is 6.03 Å². The van der Waals surface area contributed by atoms with Gasteiger partial charge in [-0.3, -0.25) is 14.3 Å². The predicted octanol–water partition coefficient (Wildman–Crippen LogP) is 5.96. The average Bonchev–Trinajstić information content (AvgIpc) is 3.59. The molecule has 46 heavy (non-hydrogen) atoms. The van der Waals surface area contributed by atoms with Crippen LogP contribution in [0.2, 0.25) is 10.0 Å². The summed E-state index contributed by atoms with van der Waals surface area (Å²) in [5, 5.41) is 6.89. The van der Waals surface area contributed by atoms with Crippen molar-refractivity contribution >= 4 is 46.6 Å². The molecule has 1 saturated heterocycles. The molecule has 0 aliphatic carbocycles. The second-order valence-electron chi connectivity index (χ2n) is 11.3. The molecule has 13 heteroatoms. The summed E-state index contributed by atoms with van der Waals surface area (Å²) >= 11 is 12.3. The lowest BCUT2D eigenvalue weighted by atomic mass is 10.1. The van der Waals surface area contributed by atoms with Crippen molar-refractivity contribution in [3.63, 3.8) is 0 Å². The first kappa shape index (κ1) is 33.2. The lowest BCUT2D eigenvalue weighted by Gasteiger charge is -2.38. The van der Waals surface area contributed by atoms with Crippen molar-refractivity contribution in [3.05, 3.63) is 88.6 Å². The number of urea groups is 1. The Hall–Kier alpha value is -4.19. The van der Waals surface area contributed by atoms with E-state index in [0.717, 1.165) is 29.4 Å². The molecule has 11 nitrogen and oxygen atoms in total. The summed E-state index contributed by atoms with van der Waals surface area (Å²) in [6, 6.07) is 13.6. The Morgan fingerprint density at radius 2 is 1.91 bits per heavy atom. The molecule has 0 bridgehead atoms. The van der Waals surface area contributed by atoms with Gasteiger partial charge in [-0.05, 0) is 55.2 Å². The van der Waals surface area contributed by atoms with E-state index in [0.29, 0.717) is 47.8 Å². The van der Waals surface area contributed by atoms with E-state index in [2.05, 4.69) is 34.4 Å². The van der Waals surface area contributed by atoms with Crippen molar-refractivity contribution in [1.82, 2.24) is 29.7 Å². The van der Waals surface area contributed by atoms with E-state index in [9.17, 15) is 9.59 Å². The number of carbonyl (C=O) groups excluding carboxylic acids is 2. The van der Waals surface area contributed by atoms with Crippen LogP contribution >= 0.6 is 23.2 Å². The molecule has 4 aromatic rings. The molecule has 3 heterocycles. The quantitative estimate of drug-likeness (QED) is 0.202. The van der Waals surface area contributed by atoms with Gasteiger partial charge in [-0.25, -0.2) is 14.8 Å². The van der Waals surface area contributed by atoms with Gasteiger partial charge in [-0.15, -0.1) is 0 Å². The zero-order chi connectivity index (χ0) is 32.6. The number of carbonyl (C=O) groups is 2. The highest BCUT2D eigenvalue weighted by Gasteiger charge is 2.31. The zero-order valence-corrected chi connectivity index (χ0v) is 27.6. The molecule has 1 aliphatic rings. The largest absolute Gasteiger partial charge is 0.494 e. The number of rotatable bonds is 11. The molecule has 1 fully saturated rings. The SMILES string of the molecule is CCOc1ccc(CCN(C(=O)CC2CNCCN2c2cc(C(C)C)nc(-n3ccnc3)n2)C(=O)Nc2ccc(Cl)c(Cl)c2)cc1. The van der Waals surface area contributed by atoms with E-state index >= 15 is 0 Å². The van der Waals surface area contributed by atoms with Gasteiger partial charge in [0.2, 0.25) is 11.9 Å². The number of aromatic nitrogens is 4. The van der Waals surface area contributed by atoms with E-state index in [1.807, 2.05) is 37.3 Å². The van der Waals surface area contributed by atoms with Gasteiger partial charge in [0.25, 0.3) is 0 Å². The van der Waals surface area contributed by atoms with Gasteiger partial charge < -0.3 is 20.3 Å². The standard InChI is InChI=1S/C33H38Cl2N8O3/c1-4-46-26-8-5-23(6-9-26)11-14-43(33(45)38-24-7-10-27(34)28(35)17-24)31(44)18-25-20-36-13-16-42(25)30-19-29(22(2)3)39-32(40-30)41-15-12-37-21-41/h5-10,12,15,17,19,21-22,25,36H,4,11,13-14,16,18,20H2,1-3H3,(H,38,45). The molecular formula is C33H38Cl2N8O3. The Balaban J connectivity index is 1.38. The van der Waals surface area contributed by atoms with E-state index in [1.165, 1.54) is 4.90 Å². The van der Waals surface area contributed by atoms with Crippen molar-refractivity contribution < 1.29 is 14.3 Å². The Bertz CT molecular complexity index is 1630. The molecule has 1 atom stereocenters. The number of nitrogens with zero attached hydrogens (tertiary/aromatic N) is 6. The van der Waals surface area contributed by atoms with Gasteiger partial charge in [0.15, 0.2) is 0 Å². The zero-order valence-electron chi connectivity index (χ0n) is 26.1. The first-order valence-corrected chi connectivity index (χ1v) is 16.1. The smallest absolute Gasteiger partial charge is 0.328 e. The van der Waals surface area contributed by atoms with Crippen molar-refractivity contribution in [2.45, 2.75) is 45.6 Å². The molecule has 0 spiro atoms. The maximum Gasteiger partial charge on any atom is 0.328 e. The molecule has 3 amide bonds. The molecule has 2 N–H and O–H groups in total. The van der Waals surface area contributed by atoms with Crippen LogP contribution in [0, 0.1) is 0 Å². The monoisotopic (exact) mass is 664 g/mol. The van der Waals surface area contributed by atoms with E-state index in [4.69, 9.17) is 37.9 Å². The van der Waals surface area contributed by atoms with Crippen LogP contribution in [0.5, 0.6) is 5.75 Å². The van der Waals surface area contributed by atoms with Gasteiger partial charge >= 0.3 is 6.03 Å². The number of anilines is 2. The number of benzene rings is 2. The van der Waals surface area contributed by atoms with Crippen LogP contribution in [0.1, 0.15) is 44.4 Å². The van der Waals surface area contributed by atoms with Crippen LogP contribution in [0.15, 0.2) is 67.3 Å². The first-order valence-electron chi connectivity index (χ1n) is 15.3. The maximum absolute atomic E-state index is 14.0. The van der Waals surface area contributed by atoms with Crippen molar-refractivity contribution in [2.24, 2.45) is 0 Å². The molecule has 242 valence electrons. The van der Waals surface area contributed by atoms with E-state index in [-0.39, 0.29) is 30.8 Å². The van der Waals surface area contributed by atoms with Crippen molar-refractivity contribution in [1.29, 1.82) is 0 Å². The molecule has 2 aromatic carbocycles. The lowest BCUT2D eigenvalue weighted by molar-refractivity contribution is -0.128. The summed E-state index contributed by atoms with van der Waals surface area (Å²) in [5.74, 6) is 1.86. The highest BCUT2D eigenvalue weighted by molar-refractivity contribution is 6.42. The van der Waals surface area contributed by atoms with Crippen LogP contribution < -0.4 is 20.3 Å². The predicted molar refractivity (Wildman–Crippen MR) is 180 cm³/mol. The van der Waals surface area contributed by atoms with Gasteiger partial charge in [0.05, 0.1) is 28.4 Å². The van der Waals surface area contributed by atoms with Crippen LogP contribution in [-0.2, 0) is 11.2 Å². The van der Waals surface area contributed by atoms with Crippen LogP contribution in [0.4, 0.5) is 16.3 Å². The summed E-state index contributed by atoms with van der Waals surface area (Å²) in [6.45, 7) is 8.75. The van der Waals surface area contributed by atoms with Gasteiger partial charge in [-0.1, -0.05) is 49.2 Å². The number of nitrogens with one attached hydrogen (secondary N) is 2. The topological polar surface area (TPSA) is 118 Å². The Morgan fingerprint density at radius 3 is 2.61 bits per heavy atom. The Labute approximate surface area is 278 Å². The molecule has 1 aliphatic heterocycles. The maximum atomic E-state index is 14.0. The lowest BCUT2D eigenvalue weighted by Crippen LogP contribution is -2.54. The number of imidazole rings is 1. The third-order valence-electron chi connectivity index (χ3n) is 7.68. The summed E-state index contributed by atoms with van der Waals surface area (Å²) in [4.78, 5) is 44.8. The number of hydrogen-bond donors (Lipinski definition) is 2. The molecule has 5 rings (SSSR count). The Morgan fingerprint density at radius 1 is 1.11 bits per heavy atom. The number of imide groups is 1. The Kier molecular flexibility index (Phi) is 11.1. The average molecular weight is 666 g/mol. The van der Waals surface area contributed by atoms with Crippen molar-refractivity contribution in [3.8, 4) is 11.7 Å². The summed E-state index contributed by atoms with van der Waals surface area (Å²) in [6.07, 6.45) is 5.71. The van der Waals surface area contributed by atoms with Crippen LogP contribution in [0.25, 0.3) is 5.95 Å². The second-order valence-corrected chi connectivity index (χ2v) is 12.1. The molecule has 0 saturated carbocycles. The third-order valence-corrected chi connectivity index (χ3v) is 8.42. The minimum absolute atomic E-state index is 0.0898. The van der Waals surface area contributed by atoms with Crippen LogP contribution in [-0.4, -0.2) is 75.2 Å². The van der Waals surface area contributed by atoms with E-state index in [1.54, 1.807) is 41.5 Å².